The fourth-order valence-corrected chi connectivity index (χ4v) is 1.25. The molecular formula is C14H16Hf-6. The molecule has 82 valence electrons. The van der Waals surface area contributed by atoms with Gasteiger partial charge in [-0.2, -0.15) is 17.2 Å². The van der Waals surface area contributed by atoms with Crippen molar-refractivity contribution in [3.8, 4) is 0 Å². The average Bonchev–Trinajstić information content (AvgIpc) is 2.81. The van der Waals surface area contributed by atoms with Crippen LogP contribution in [-0.2, 0) is 32.3 Å². The monoisotopic (exact) mass is 364 g/mol. The summed E-state index contributed by atoms with van der Waals surface area (Å²) in [7, 11) is 0. The van der Waals surface area contributed by atoms with Crippen molar-refractivity contribution in [1.29, 1.82) is 0 Å². The summed E-state index contributed by atoms with van der Waals surface area (Å²) in [4.78, 5) is 0. The fourth-order valence-electron chi connectivity index (χ4n) is 1.25. The maximum Gasteiger partial charge on any atom is 0 e. The van der Waals surface area contributed by atoms with Gasteiger partial charge in [-0.1, -0.05) is 19.4 Å². The van der Waals surface area contributed by atoms with Crippen LogP contribution in [0.2, 0.25) is 0 Å². The molecule has 0 saturated heterocycles. The van der Waals surface area contributed by atoms with Crippen molar-refractivity contribution in [2.75, 3.05) is 0 Å². The first-order valence-corrected chi connectivity index (χ1v) is 4.83. The average molecular weight is 363 g/mol. The quantitative estimate of drug-likeness (QED) is 0.432. The molecule has 0 heterocycles. The molecule has 0 bridgehead atoms. The molecule has 2 aromatic carbocycles. The molecule has 0 aliphatic carbocycles. The molecule has 0 aliphatic heterocycles. The summed E-state index contributed by atoms with van der Waals surface area (Å²) in [6.45, 7) is 5.80. The predicted octanol–water partition coefficient (Wildman–Crippen LogP) is 3.85. The summed E-state index contributed by atoms with van der Waals surface area (Å²) >= 11 is 0. The zero-order valence-electron chi connectivity index (χ0n) is 9.11. The second kappa shape index (κ2) is 8.60. The molecule has 0 saturated carbocycles. The van der Waals surface area contributed by atoms with E-state index in [9.17, 15) is 0 Å². The van der Waals surface area contributed by atoms with Crippen molar-refractivity contribution in [1.82, 2.24) is 0 Å². The van der Waals surface area contributed by atoms with Crippen LogP contribution in [0.4, 0.5) is 0 Å². The summed E-state index contributed by atoms with van der Waals surface area (Å²) in [6.07, 6.45) is 2.93. The van der Waals surface area contributed by atoms with E-state index >= 15 is 0 Å². The second-order valence-corrected chi connectivity index (χ2v) is 3.19. The van der Waals surface area contributed by atoms with E-state index in [4.69, 9.17) is 0 Å². The summed E-state index contributed by atoms with van der Waals surface area (Å²) in [6, 6.07) is 16.3. The third-order valence-electron chi connectivity index (χ3n) is 2.07. The van der Waals surface area contributed by atoms with Crippen LogP contribution >= 0.6 is 0 Å². The molecule has 2 rings (SSSR count). The van der Waals surface area contributed by atoms with E-state index in [0.29, 0.717) is 0 Å². The minimum atomic E-state index is 0. The van der Waals surface area contributed by atoms with E-state index < -0.39 is 0 Å². The molecule has 1 heteroatoms. The Bertz CT molecular complexity index is 324. The van der Waals surface area contributed by atoms with Crippen molar-refractivity contribution < 1.29 is 25.8 Å². The molecule has 0 nitrogen and oxygen atoms in total. The minimum absolute atomic E-state index is 0. The van der Waals surface area contributed by atoms with Crippen LogP contribution in [0, 0.1) is 6.92 Å². The minimum Gasteiger partial charge on any atom is -0.748 e. The van der Waals surface area contributed by atoms with Gasteiger partial charge in [0.2, 0.25) is 0 Å². The van der Waals surface area contributed by atoms with Crippen LogP contribution in [0.1, 0.15) is 11.1 Å². The Balaban J connectivity index is 0.000000280. The summed E-state index contributed by atoms with van der Waals surface area (Å²) in [5.74, 6) is 0. The fraction of sp³-hybridized carbons (Fsp3) is 0.143. The number of allylic oxidation sites excluding steroid dienone is 1. The Kier molecular flexibility index (Phi) is 8.21. The molecular weight excluding hydrogens is 347 g/mol. The standard InChI is InChI=1S/C9H11.C5H5.Hf/c1-3-5-9-7-4-6-8(9)2;1-2-4-5-3-1;/h3-4,6-7H,1,5H2,2H3;1-5H;/q-1;-5;. The predicted molar refractivity (Wildman–Crippen MR) is 62.7 cm³/mol. The number of aryl methyl sites for hydroxylation is 1. The molecule has 0 aromatic heterocycles. The maximum absolute atomic E-state index is 3.68. The number of hydrogen-bond donors (Lipinski definition) is 0. The van der Waals surface area contributed by atoms with Crippen LogP contribution in [0.3, 0.4) is 0 Å². The van der Waals surface area contributed by atoms with E-state index in [2.05, 4.69) is 31.7 Å². The molecule has 0 aliphatic rings. The van der Waals surface area contributed by atoms with Crippen molar-refractivity contribution in [3.05, 3.63) is 72.3 Å². The van der Waals surface area contributed by atoms with Gasteiger partial charge >= 0.3 is 0 Å². The van der Waals surface area contributed by atoms with Crippen LogP contribution in [0.15, 0.2) is 61.2 Å². The molecule has 0 amide bonds. The molecule has 0 spiro atoms. The Morgan fingerprint density at radius 2 is 1.80 bits per heavy atom. The van der Waals surface area contributed by atoms with Crippen molar-refractivity contribution >= 4 is 0 Å². The van der Waals surface area contributed by atoms with Crippen molar-refractivity contribution in [2.24, 2.45) is 0 Å². The zero-order chi connectivity index (χ0) is 10.2. The smallest absolute Gasteiger partial charge is 0 e. The Labute approximate surface area is 111 Å². The van der Waals surface area contributed by atoms with Gasteiger partial charge in [-0.05, 0) is 0 Å². The SMILES string of the molecule is C=CC[c-]1cccc1C.[Hf].[cH-]1[cH-][cH-][cH-][cH-]1. The zero-order valence-corrected chi connectivity index (χ0v) is 12.7. The van der Waals surface area contributed by atoms with Gasteiger partial charge in [0.1, 0.15) is 0 Å². The van der Waals surface area contributed by atoms with Gasteiger partial charge < -0.3 is 30.3 Å². The molecule has 0 N–H and O–H groups in total. The van der Waals surface area contributed by atoms with Crippen LogP contribution in [-0.4, -0.2) is 0 Å². The van der Waals surface area contributed by atoms with Gasteiger partial charge in [0.05, 0.1) is 0 Å². The molecule has 0 fully saturated rings. The molecule has 0 unspecified atom stereocenters. The number of rotatable bonds is 2. The molecule has 0 atom stereocenters. The van der Waals surface area contributed by atoms with E-state index in [1.807, 2.05) is 36.4 Å². The van der Waals surface area contributed by atoms with E-state index in [0.717, 1.165) is 6.42 Å². The van der Waals surface area contributed by atoms with Crippen LogP contribution in [0.5, 0.6) is 0 Å². The maximum atomic E-state index is 3.68. The third kappa shape index (κ3) is 5.68. The van der Waals surface area contributed by atoms with Gasteiger partial charge in [-0.25, -0.2) is 12.1 Å². The van der Waals surface area contributed by atoms with Gasteiger partial charge in [0.25, 0.3) is 0 Å². The van der Waals surface area contributed by atoms with Gasteiger partial charge in [0, 0.05) is 25.8 Å². The molecule has 0 radical (unpaired) electrons. The van der Waals surface area contributed by atoms with Crippen molar-refractivity contribution in [2.45, 2.75) is 13.3 Å². The topological polar surface area (TPSA) is 0 Å². The normalized spacial score (nSPS) is 8.33. The summed E-state index contributed by atoms with van der Waals surface area (Å²) in [5.41, 5.74) is 2.76. The van der Waals surface area contributed by atoms with E-state index in [1.54, 1.807) is 0 Å². The number of hydrogen-bond acceptors (Lipinski definition) is 0. The summed E-state index contributed by atoms with van der Waals surface area (Å²) in [5, 5.41) is 0. The first kappa shape index (κ1) is 14.3. The van der Waals surface area contributed by atoms with Gasteiger partial charge in [-0.15, -0.1) is 6.58 Å². The van der Waals surface area contributed by atoms with Gasteiger partial charge in [0.15, 0.2) is 0 Å². The Morgan fingerprint density at radius 3 is 2.13 bits per heavy atom. The third-order valence-corrected chi connectivity index (χ3v) is 2.07. The summed E-state index contributed by atoms with van der Waals surface area (Å²) < 4.78 is 0. The van der Waals surface area contributed by atoms with E-state index in [1.165, 1.54) is 11.1 Å². The van der Waals surface area contributed by atoms with Crippen LogP contribution in [0.25, 0.3) is 0 Å². The largest absolute Gasteiger partial charge is 0.748 e. The van der Waals surface area contributed by atoms with Gasteiger partial charge in [-0.3, -0.25) is 0 Å². The Hall–Kier alpha value is -0.690. The van der Waals surface area contributed by atoms with Crippen molar-refractivity contribution in [3.63, 3.8) is 0 Å². The van der Waals surface area contributed by atoms with Crippen LogP contribution < -0.4 is 0 Å². The molecule has 15 heavy (non-hydrogen) atoms. The molecule has 2 aromatic rings. The van der Waals surface area contributed by atoms with E-state index in [-0.39, 0.29) is 25.8 Å². The second-order valence-electron chi connectivity index (χ2n) is 3.19. The first-order valence-electron chi connectivity index (χ1n) is 4.83. The first-order chi connectivity index (χ1) is 6.84. The Morgan fingerprint density at radius 1 is 1.27 bits per heavy atom.